The summed E-state index contributed by atoms with van der Waals surface area (Å²) >= 11 is 0. The Morgan fingerprint density at radius 2 is 1.68 bits per heavy atom. The minimum Gasteiger partial charge on any atom is -0.491 e. The van der Waals surface area contributed by atoms with Gasteiger partial charge in [0.15, 0.2) is 17.5 Å². The van der Waals surface area contributed by atoms with Gasteiger partial charge in [0.1, 0.15) is 5.76 Å². The average molecular weight is 471 g/mol. The summed E-state index contributed by atoms with van der Waals surface area (Å²) < 4.78 is 54.3. The largest absolute Gasteiger partial charge is 0.491 e. The first-order valence-corrected chi connectivity index (χ1v) is 11.8. The molecule has 2 nitrogen and oxygen atoms in total. The molecule has 2 aromatic carbocycles. The predicted molar refractivity (Wildman–Crippen MR) is 131 cm³/mol. The molecule has 0 heterocycles. The number of rotatable bonds is 10. The van der Waals surface area contributed by atoms with Crippen LogP contribution in [-0.2, 0) is 15.9 Å². The highest BCUT2D eigenvalue weighted by Crippen LogP contribution is 2.37. The van der Waals surface area contributed by atoms with Crippen LogP contribution in [0.1, 0.15) is 56.1 Å². The van der Waals surface area contributed by atoms with Crippen LogP contribution in [0.4, 0.5) is 13.2 Å². The molecule has 0 atom stereocenters. The van der Waals surface area contributed by atoms with Crippen molar-refractivity contribution in [2.24, 2.45) is 0 Å². The molecule has 34 heavy (non-hydrogen) atoms. The molecule has 0 unspecified atom stereocenters. The summed E-state index contributed by atoms with van der Waals surface area (Å²) in [6.07, 6.45) is 6.06. The van der Waals surface area contributed by atoms with Crippen LogP contribution in [0.25, 0.3) is 11.1 Å². The lowest BCUT2D eigenvalue weighted by Crippen LogP contribution is -2.20. The molecule has 3 rings (SSSR count). The molecule has 0 bridgehead atoms. The first-order chi connectivity index (χ1) is 16.3. The first kappa shape index (κ1) is 25.8. The van der Waals surface area contributed by atoms with E-state index < -0.39 is 17.5 Å². The van der Waals surface area contributed by atoms with Crippen LogP contribution in [0.3, 0.4) is 0 Å². The Kier molecular flexibility index (Phi) is 9.17. The maximum atomic E-state index is 15.0. The molecule has 1 fully saturated rings. The number of allylic oxidation sites excluding steroid dienone is 3. The molecule has 0 aliphatic heterocycles. The zero-order valence-electron chi connectivity index (χ0n) is 20.0. The summed E-state index contributed by atoms with van der Waals surface area (Å²) in [7, 11) is 1.69. The van der Waals surface area contributed by atoms with Crippen molar-refractivity contribution in [3.8, 4) is 11.1 Å². The topological polar surface area (TPSA) is 18.5 Å². The van der Waals surface area contributed by atoms with E-state index in [0.29, 0.717) is 36.1 Å². The van der Waals surface area contributed by atoms with Gasteiger partial charge in [0.05, 0.1) is 12.7 Å². The maximum absolute atomic E-state index is 15.0. The fraction of sp³-hybridized carbons (Fsp3) is 0.379. The van der Waals surface area contributed by atoms with E-state index in [1.807, 2.05) is 12.1 Å². The minimum atomic E-state index is -0.803. The van der Waals surface area contributed by atoms with Gasteiger partial charge in [-0.2, -0.15) is 0 Å². The van der Waals surface area contributed by atoms with Gasteiger partial charge in [0.25, 0.3) is 0 Å². The van der Waals surface area contributed by atoms with E-state index in [2.05, 4.69) is 13.2 Å². The van der Waals surface area contributed by atoms with Crippen LogP contribution in [0.15, 0.2) is 72.8 Å². The van der Waals surface area contributed by atoms with Gasteiger partial charge in [-0.1, -0.05) is 55.1 Å². The van der Waals surface area contributed by atoms with Gasteiger partial charge in [0, 0.05) is 12.7 Å². The number of methoxy groups -OCH3 is 1. The summed E-state index contributed by atoms with van der Waals surface area (Å²) in [5, 5.41) is 0. The highest BCUT2D eigenvalue weighted by Gasteiger charge is 2.26. The van der Waals surface area contributed by atoms with E-state index in [9.17, 15) is 13.2 Å². The fourth-order valence-electron chi connectivity index (χ4n) is 4.44. The monoisotopic (exact) mass is 470 g/mol. The van der Waals surface area contributed by atoms with Crippen molar-refractivity contribution in [2.45, 2.75) is 57.5 Å². The minimum absolute atomic E-state index is 0.00376. The second-order valence-corrected chi connectivity index (χ2v) is 8.74. The van der Waals surface area contributed by atoms with Gasteiger partial charge in [-0.3, -0.25) is 0 Å². The highest BCUT2D eigenvalue weighted by atomic mass is 19.2. The van der Waals surface area contributed by atoms with Gasteiger partial charge in [0.2, 0.25) is 0 Å². The van der Waals surface area contributed by atoms with Crippen molar-refractivity contribution >= 4 is 0 Å². The van der Waals surface area contributed by atoms with Gasteiger partial charge in [-0.15, -0.1) is 0 Å². The summed E-state index contributed by atoms with van der Waals surface area (Å²) in [5.41, 5.74) is 2.94. The summed E-state index contributed by atoms with van der Waals surface area (Å²) in [6.45, 7) is 9.53. The van der Waals surface area contributed by atoms with E-state index in [0.717, 1.165) is 31.2 Å². The number of ether oxygens (including phenoxy) is 2. The van der Waals surface area contributed by atoms with Gasteiger partial charge in [-0.05, 0) is 74.1 Å². The zero-order valence-corrected chi connectivity index (χ0v) is 20.0. The number of benzene rings is 2. The number of hydrogen-bond donors (Lipinski definition) is 0. The van der Waals surface area contributed by atoms with Crippen molar-refractivity contribution < 1.29 is 22.6 Å². The Labute approximate surface area is 200 Å². The second kappa shape index (κ2) is 12.1. The van der Waals surface area contributed by atoms with E-state index in [1.54, 1.807) is 38.3 Å². The van der Waals surface area contributed by atoms with Crippen molar-refractivity contribution in [2.75, 3.05) is 13.7 Å². The Hall–Kier alpha value is -2.79. The van der Waals surface area contributed by atoms with Crippen LogP contribution >= 0.6 is 0 Å². The summed E-state index contributed by atoms with van der Waals surface area (Å²) in [6, 6.07) is 10.7. The van der Waals surface area contributed by atoms with Crippen molar-refractivity contribution in [3.05, 3.63) is 95.6 Å². The van der Waals surface area contributed by atoms with Crippen molar-refractivity contribution in [3.63, 3.8) is 0 Å². The smallest absolute Gasteiger partial charge is 0.166 e. The quantitative estimate of drug-likeness (QED) is 0.257. The van der Waals surface area contributed by atoms with Crippen LogP contribution in [0.2, 0.25) is 0 Å². The third-order valence-electron chi connectivity index (χ3n) is 6.48. The Bertz CT molecular complexity index is 1030. The molecule has 0 saturated heterocycles. The molecule has 1 aliphatic rings. The molecule has 5 heteroatoms. The molecule has 0 N–H and O–H groups in total. The summed E-state index contributed by atoms with van der Waals surface area (Å²) in [4.78, 5) is 0. The first-order valence-electron chi connectivity index (χ1n) is 11.8. The highest BCUT2D eigenvalue weighted by molar-refractivity contribution is 5.65. The van der Waals surface area contributed by atoms with Gasteiger partial charge >= 0.3 is 0 Å². The molecule has 0 spiro atoms. The molecule has 182 valence electrons. The van der Waals surface area contributed by atoms with Crippen LogP contribution in [0, 0.1) is 11.6 Å². The van der Waals surface area contributed by atoms with E-state index in [4.69, 9.17) is 9.47 Å². The second-order valence-electron chi connectivity index (χ2n) is 8.74. The maximum Gasteiger partial charge on any atom is 0.166 e. The lowest BCUT2D eigenvalue weighted by Gasteiger charge is -2.28. The predicted octanol–water partition coefficient (Wildman–Crippen LogP) is 8.20. The van der Waals surface area contributed by atoms with Crippen LogP contribution in [-0.4, -0.2) is 19.8 Å². The summed E-state index contributed by atoms with van der Waals surface area (Å²) in [5.74, 6) is -2.07. The standard InChI is InChI=1S/C29H33F3O2/c1-5-34-20(3)27(30)18-19(2)6-7-21-8-10-22(11-9-21)25-16-17-26(29(32)28(25)31)23-12-14-24(33-4)15-13-23/h8-11,16-18,23-24H,2-3,5-7,12-15H2,1,4H3/b27-18+. The van der Waals surface area contributed by atoms with Crippen molar-refractivity contribution in [1.29, 1.82) is 0 Å². The number of halogens is 3. The van der Waals surface area contributed by atoms with E-state index in [-0.39, 0.29) is 23.3 Å². The number of aryl methyl sites for hydroxylation is 1. The Morgan fingerprint density at radius 1 is 1.00 bits per heavy atom. The number of hydrogen-bond acceptors (Lipinski definition) is 2. The van der Waals surface area contributed by atoms with Crippen LogP contribution < -0.4 is 0 Å². The Morgan fingerprint density at radius 3 is 2.29 bits per heavy atom. The van der Waals surface area contributed by atoms with Gasteiger partial charge in [-0.25, -0.2) is 13.2 Å². The normalized spacial score (nSPS) is 18.6. The molecule has 0 aromatic heterocycles. The molecule has 0 radical (unpaired) electrons. The molecule has 2 aromatic rings. The third kappa shape index (κ3) is 6.41. The SMILES string of the molecule is C=C(/C=C(/F)C(=C)OCC)CCc1ccc(-c2ccc(C3CCC(OC)CC3)c(F)c2F)cc1. The zero-order chi connectivity index (χ0) is 24.7. The average Bonchev–Trinajstić information content (AvgIpc) is 2.85. The fourth-order valence-corrected chi connectivity index (χ4v) is 4.44. The van der Waals surface area contributed by atoms with Gasteiger partial charge < -0.3 is 9.47 Å². The molecule has 1 aliphatic carbocycles. The van der Waals surface area contributed by atoms with E-state index in [1.165, 1.54) is 6.08 Å². The van der Waals surface area contributed by atoms with Crippen LogP contribution in [0.5, 0.6) is 0 Å². The molecule has 0 amide bonds. The molecule has 1 saturated carbocycles. The Balaban J connectivity index is 1.64. The third-order valence-corrected chi connectivity index (χ3v) is 6.48. The van der Waals surface area contributed by atoms with E-state index >= 15 is 0 Å². The lowest BCUT2D eigenvalue weighted by atomic mass is 9.82. The molecular formula is C29H33F3O2. The molecular weight excluding hydrogens is 437 g/mol. The van der Waals surface area contributed by atoms with Crippen molar-refractivity contribution in [1.82, 2.24) is 0 Å². The lowest BCUT2D eigenvalue weighted by molar-refractivity contribution is 0.0655.